The standard InChI is InChI=1S/C18H17N3O3/c1-23-15-10-8-13(9-11-15)17-16(18(22)20-24-2)12-21(19-17)14-6-4-3-5-7-14/h3-12H,1-2H3,(H,20,22). The highest BCUT2D eigenvalue weighted by Crippen LogP contribution is 2.25. The summed E-state index contributed by atoms with van der Waals surface area (Å²) < 4.78 is 6.84. The lowest BCUT2D eigenvalue weighted by Crippen LogP contribution is -2.21. The number of hydrogen-bond donors (Lipinski definition) is 1. The summed E-state index contributed by atoms with van der Waals surface area (Å²) in [6.07, 6.45) is 1.68. The van der Waals surface area contributed by atoms with Crippen molar-refractivity contribution in [3.63, 3.8) is 0 Å². The Morgan fingerprint density at radius 1 is 1.04 bits per heavy atom. The third-order valence-electron chi connectivity index (χ3n) is 3.54. The smallest absolute Gasteiger partial charge is 0.278 e. The van der Waals surface area contributed by atoms with E-state index in [9.17, 15) is 4.79 Å². The number of benzene rings is 2. The molecule has 0 aliphatic heterocycles. The van der Waals surface area contributed by atoms with Gasteiger partial charge in [0.2, 0.25) is 0 Å². The minimum Gasteiger partial charge on any atom is -0.497 e. The van der Waals surface area contributed by atoms with Crippen LogP contribution in [0, 0.1) is 0 Å². The van der Waals surface area contributed by atoms with Gasteiger partial charge in [-0.3, -0.25) is 9.63 Å². The van der Waals surface area contributed by atoms with Crippen LogP contribution < -0.4 is 10.2 Å². The summed E-state index contributed by atoms with van der Waals surface area (Å²) in [5.74, 6) is 0.384. The molecule has 0 aliphatic carbocycles. The zero-order chi connectivity index (χ0) is 16.9. The summed E-state index contributed by atoms with van der Waals surface area (Å²) in [7, 11) is 3.00. The molecule has 0 saturated heterocycles. The average molecular weight is 323 g/mol. The molecule has 1 aromatic heterocycles. The van der Waals surface area contributed by atoms with Crippen molar-refractivity contribution in [2.75, 3.05) is 14.2 Å². The second-order valence-corrected chi connectivity index (χ2v) is 5.04. The molecule has 0 spiro atoms. The van der Waals surface area contributed by atoms with Crippen LogP contribution in [0.15, 0.2) is 60.8 Å². The van der Waals surface area contributed by atoms with Crippen molar-refractivity contribution < 1.29 is 14.4 Å². The van der Waals surface area contributed by atoms with Crippen LogP contribution in [0.1, 0.15) is 10.4 Å². The molecule has 1 N–H and O–H groups in total. The van der Waals surface area contributed by atoms with Gasteiger partial charge in [0.25, 0.3) is 5.91 Å². The Hall–Kier alpha value is -3.12. The Kier molecular flexibility index (Phi) is 4.58. The molecule has 6 nitrogen and oxygen atoms in total. The number of nitrogens with zero attached hydrogens (tertiary/aromatic N) is 2. The van der Waals surface area contributed by atoms with Crippen LogP contribution in [0.3, 0.4) is 0 Å². The Labute approximate surface area is 139 Å². The molecule has 0 radical (unpaired) electrons. The van der Waals surface area contributed by atoms with Gasteiger partial charge in [-0.05, 0) is 36.4 Å². The van der Waals surface area contributed by atoms with E-state index in [0.29, 0.717) is 11.3 Å². The molecular weight excluding hydrogens is 306 g/mol. The number of hydroxylamine groups is 1. The fourth-order valence-corrected chi connectivity index (χ4v) is 2.36. The summed E-state index contributed by atoms with van der Waals surface area (Å²) in [6.45, 7) is 0. The van der Waals surface area contributed by atoms with E-state index >= 15 is 0 Å². The zero-order valence-corrected chi connectivity index (χ0v) is 13.4. The second kappa shape index (κ2) is 6.97. The topological polar surface area (TPSA) is 65.4 Å². The van der Waals surface area contributed by atoms with E-state index < -0.39 is 0 Å². The maximum Gasteiger partial charge on any atom is 0.278 e. The highest BCUT2D eigenvalue weighted by molar-refractivity contribution is 5.99. The summed E-state index contributed by atoms with van der Waals surface area (Å²) in [5, 5.41) is 4.57. The minimum absolute atomic E-state index is 0.356. The van der Waals surface area contributed by atoms with Crippen LogP contribution in [0.25, 0.3) is 16.9 Å². The summed E-state index contributed by atoms with van der Waals surface area (Å²) in [6, 6.07) is 17.0. The third-order valence-corrected chi connectivity index (χ3v) is 3.54. The van der Waals surface area contributed by atoms with Crippen molar-refractivity contribution in [1.82, 2.24) is 15.3 Å². The molecule has 2 aromatic carbocycles. The van der Waals surface area contributed by atoms with E-state index in [1.165, 1.54) is 7.11 Å². The zero-order valence-electron chi connectivity index (χ0n) is 13.4. The summed E-state index contributed by atoms with van der Waals surface area (Å²) >= 11 is 0. The lowest BCUT2D eigenvalue weighted by molar-refractivity contribution is 0.0538. The molecule has 0 bridgehead atoms. The number of nitrogens with one attached hydrogen (secondary N) is 1. The van der Waals surface area contributed by atoms with Gasteiger partial charge in [0.15, 0.2) is 0 Å². The van der Waals surface area contributed by atoms with Gasteiger partial charge in [-0.1, -0.05) is 18.2 Å². The van der Waals surface area contributed by atoms with Gasteiger partial charge in [0, 0.05) is 11.8 Å². The molecular formula is C18H17N3O3. The number of ether oxygens (including phenoxy) is 1. The van der Waals surface area contributed by atoms with Crippen molar-refractivity contribution >= 4 is 5.91 Å². The van der Waals surface area contributed by atoms with Crippen LogP contribution in [0.5, 0.6) is 5.75 Å². The Balaban J connectivity index is 2.08. The molecule has 0 aliphatic rings. The Bertz CT molecular complexity index is 826. The molecule has 1 amide bonds. The number of carbonyl (C=O) groups is 1. The highest BCUT2D eigenvalue weighted by atomic mass is 16.6. The van der Waals surface area contributed by atoms with Crippen molar-refractivity contribution in [2.24, 2.45) is 0 Å². The number of aromatic nitrogens is 2. The fraction of sp³-hybridized carbons (Fsp3) is 0.111. The SMILES string of the molecule is CONC(=O)c1cn(-c2ccccc2)nc1-c1ccc(OC)cc1. The Morgan fingerprint density at radius 3 is 2.38 bits per heavy atom. The first-order valence-corrected chi connectivity index (χ1v) is 7.36. The molecule has 0 atom stereocenters. The van der Waals surface area contributed by atoms with E-state index in [1.54, 1.807) is 18.0 Å². The van der Waals surface area contributed by atoms with Gasteiger partial charge in [0.1, 0.15) is 11.4 Å². The molecule has 6 heteroatoms. The maximum atomic E-state index is 12.3. The molecule has 1 heterocycles. The lowest BCUT2D eigenvalue weighted by Gasteiger charge is -2.04. The van der Waals surface area contributed by atoms with Gasteiger partial charge in [0.05, 0.1) is 25.5 Å². The molecule has 3 aromatic rings. The molecule has 24 heavy (non-hydrogen) atoms. The number of carbonyl (C=O) groups excluding carboxylic acids is 1. The first kappa shape index (κ1) is 15.8. The van der Waals surface area contributed by atoms with Gasteiger partial charge in [-0.25, -0.2) is 10.2 Å². The molecule has 0 fully saturated rings. The normalized spacial score (nSPS) is 10.4. The van der Waals surface area contributed by atoms with Crippen LogP contribution in [0.4, 0.5) is 0 Å². The second-order valence-electron chi connectivity index (χ2n) is 5.04. The van der Waals surface area contributed by atoms with Crippen LogP contribution in [-0.4, -0.2) is 29.9 Å². The number of amides is 1. The summed E-state index contributed by atoms with van der Waals surface area (Å²) in [4.78, 5) is 17.0. The van der Waals surface area contributed by atoms with Crippen molar-refractivity contribution in [1.29, 1.82) is 0 Å². The van der Waals surface area contributed by atoms with Gasteiger partial charge in [-0.2, -0.15) is 5.10 Å². The molecule has 0 unspecified atom stereocenters. The highest BCUT2D eigenvalue weighted by Gasteiger charge is 2.18. The van der Waals surface area contributed by atoms with Gasteiger partial charge in [-0.15, -0.1) is 0 Å². The monoisotopic (exact) mass is 323 g/mol. The number of methoxy groups -OCH3 is 1. The molecule has 0 saturated carbocycles. The van der Waals surface area contributed by atoms with Crippen LogP contribution >= 0.6 is 0 Å². The maximum absolute atomic E-state index is 12.3. The predicted octanol–water partition coefficient (Wildman–Crippen LogP) is 2.84. The molecule has 3 rings (SSSR count). The average Bonchev–Trinajstić information content (AvgIpc) is 3.08. The van der Waals surface area contributed by atoms with Crippen LogP contribution in [0.2, 0.25) is 0 Å². The number of para-hydroxylation sites is 1. The summed E-state index contributed by atoms with van der Waals surface area (Å²) in [5.41, 5.74) is 5.01. The van der Waals surface area contributed by atoms with Gasteiger partial charge >= 0.3 is 0 Å². The quantitative estimate of drug-likeness (QED) is 0.733. The minimum atomic E-state index is -0.356. The third kappa shape index (κ3) is 3.13. The van der Waals surface area contributed by atoms with E-state index in [1.807, 2.05) is 54.6 Å². The predicted molar refractivity (Wildman–Crippen MR) is 90.0 cm³/mol. The fourth-order valence-electron chi connectivity index (χ4n) is 2.36. The largest absolute Gasteiger partial charge is 0.497 e. The van der Waals surface area contributed by atoms with E-state index in [4.69, 9.17) is 9.57 Å². The van der Waals surface area contributed by atoms with Crippen molar-refractivity contribution in [2.45, 2.75) is 0 Å². The number of rotatable bonds is 5. The Morgan fingerprint density at radius 2 is 1.75 bits per heavy atom. The van der Waals surface area contributed by atoms with Crippen molar-refractivity contribution in [3.8, 4) is 22.7 Å². The number of hydrogen-bond acceptors (Lipinski definition) is 4. The lowest BCUT2D eigenvalue weighted by atomic mass is 10.1. The van der Waals surface area contributed by atoms with Gasteiger partial charge < -0.3 is 4.74 Å². The van der Waals surface area contributed by atoms with E-state index in [0.717, 1.165) is 17.0 Å². The first-order valence-electron chi connectivity index (χ1n) is 7.36. The van der Waals surface area contributed by atoms with Crippen LogP contribution in [-0.2, 0) is 4.84 Å². The first-order chi connectivity index (χ1) is 11.7. The molecule has 122 valence electrons. The van der Waals surface area contributed by atoms with E-state index in [-0.39, 0.29) is 5.91 Å². The van der Waals surface area contributed by atoms with Crippen molar-refractivity contribution in [3.05, 3.63) is 66.4 Å². The van der Waals surface area contributed by atoms with E-state index in [2.05, 4.69) is 10.6 Å².